The van der Waals surface area contributed by atoms with Crippen molar-refractivity contribution in [3.63, 3.8) is 0 Å². The minimum atomic E-state index is -0.886. The largest absolute Gasteiger partial charge is 0.481 e. The number of fused-ring (bicyclic) bond motifs is 1. The van der Waals surface area contributed by atoms with Crippen LogP contribution in [0, 0.1) is 0 Å². The lowest BCUT2D eigenvalue weighted by Crippen LogP contribution is -2.27. The maximum absolute atomic E-state index is 12.2. The minimum absolute atomic E-state index is 0.0328. The van der Waals surface area contributed by atoms with E-state index >= 15 is 0 Å². The fourth-order valence-electron chi connectivity index (χ4n) is 2.97. The van der Waals surface area contributed by atoms with Gasteiger partial charge in [-0.3, -0.25) is 9.59 Å². The molecular formula is C19H21N3O3S. The van der Waals surface area contributed by atoms with Crippen LogP contribution in [0.25, 0.3) is 11.0 Å². The van der Waals surface area contributed by atoms with E-state index in [0.29, 0.717) is 6.54 Å². The Kier molecular flexibility index (Phi) is 6.01. The summed E-state index contributed by atoms with van der Waals surface area (Å²) >= 11 is 1.49. The molecule has 0 aliphatic carbocycles. The number of imidazole rings is 1. The number of rotatable bonds is 9. The smallest absolute Gasteiger partial charge is 0.304 e. The van der Waals surface area contributed by atoms with Gasteiger partial charge in [0, 0.05) is 30.3 Å². The number of hydrogen-bond acceptors (Lipinski definition) is 4. The van der Waals surface area contributed by atoms with Crippen molar-refractivity contribution in [2.45, 2.75) is 31.7 Å². The van der Waals surface area contributed by atoms with Crippen LogP contribution < -0.4 is 5.32 Å². The molecule has 0 aliphatic heterocycles. The maximum atomic E-state index is 12.2. The predicted octanol–water partition coefficient (Wildman–Crippen LogP) is 3.25. The summed E-state index contributed by atoms with van der Waals surface area (Å²) in [6, 6.07) is 11.7. The van der Waals surface area contributed by atoms with Crippen LogP contribution >= 0.6 is 11.3 Å². The number of nitrogens with one attached hydrogen (secondary N) is 1. The van der Waals surface area contributed by atoms with Gasteiger partial charge in [-0.2, -0.15) is 0 Å². The molecule has 3 rings (SSSR count). The third-order valence-electron chi connectivity index (χ3n) is 4.22. The van der Waals surface area contributed by atoms with Gasteiger partial charge in [0.2, 0.25) is 5.91 Å². The average Bonchev–Trinajstić information content (AvgIpc) is 3.28. The van der Waals surface area contributed by atoms with Crippen molar-refractivity contribution in [1.82, 2.24) is 14.9 Å². The van der Waals surface area contributed by atoms with Crippen LogP contribution in [0.2, 0.25) is 0 Å². The van der Waals surface area contributed by atoms with Gasteiger partial charge < -0.3 is 15.0 Å². The molecule has 1 aromatic carbocycles. The van der Waals surface area contributed by atoms with E-state index in [-0.39, 0.29) is 24.7 Å². The van der Waals surface area contributed by atoms with Gasteiger partial charge in [-0.05, 0) is 30.0 Å². The second kappa shape index (κ2) is 8.62. The van der Waals surface area contributed by atoms with Gasteiger partial charge in [0.1, 0.15) is 0 Å². The number of amides is 1. The zero-order valence-corrected chi connectivity index (χ0v) is 15.1. The van der Waals surface area contributed by atoms with E-state index in [9.17, 15) is 9.59 Å². The van der Waals surface area contributed by atoms with Crippen molar-refractivity contribution in [1.29, 1.82) is 0 Å². The van der Waals surface area contributed by atoms with Gasteiger partial charge in [0.05, 0.1) is 23.8 Å². The number of nitrogens with zero attached hydrogens (tertiary/aromatic N) is 2. The minimum Gasteiger partial charge on any atom is -0.481 e. The van der Waals surface area contributed by atoms with Crippen molar-refractivity contribution in [2.75, 3.05) is 6.54 Å². The molecular weight excluding hydrogens is 350 g/mol. The zero-order chi connectivity index (χ0) is 18.4. The number of thiophene rings is 1. The van der Waals surface area contributed by atoms with Crippen LogP contribution in [-0.2, 0) is 16.1 Å². The number of aryl methyl sites for hydroxylation is 1. The Labute approximate surface area is 155 Å². The van der Waals surface area contributed by atoms with Crippen LogP contribution in [0.4, 0.5) is 0 Å². The molecule has 0 saturated carbocycles. The van der Waals surface area contributed by atoms with Gasteiger partial charge in [-0.15, -0.1) is 11.3 Å². The van der Waals surface area contributed by atoms with E-state index in [4.69, 9.17) is 5.11 Å². The number of carbonyl (C=O) groups excluding carboxylic acids is 1. The second-order valence-corrected chi connectivity index (χ2v) is 7.12. The first-order chi connectivity index (χ1) is 12.6. The SMILES string of the molecule is O=C(O)CC(CC(=O)NCCCn1cnc2ccccc21)c1cccs1. The van der Waals surface area contributed by atoms with Gasteiger partial charge in [-0.25, -0.2) is 4.98 Å². The summed E-state index contributed by atoms with van der Waals surface area (Å²) in [5, 5.41) is 13.9. The van der Waals surface area contributed by atoms with Crippen molar-refractivity contribution in [3.8, 4) is 0 Å². The van der Waals surface area contributed by atoms with Gasteiger partial charge >= 0.3 is 5.97 Å². The summed E-state index contributed by atoms with van der Waals surface area (Å²) in [7, 11) is 0. The first-order valence-corrected chi connectivity index (χ1v) is 9.43. The summed E-state index contributed by atoms with van der Waals surface area (Å²) in [6.07, 6.45) is 2.76. The first kappa shape index (κ1) is 18.1. The van der Waals surface area contributed by atoms with Gasteiger partial charge in [0.25, 0.3) is 0 Å². The lowest BCUT2D eigenvalue weighted by molar-refractivity contribution is -0.137. The fraction of sp³-hybridized carbons (Fsp3) is 0.316. The molecule has 0 radical (unpaired) electrons. The second-order valence-electron chi connectivity index (χ2n) is 6.14. The molecule has 0 spiro atoms. The highest BCUT2D eigenvalue weighted by molar-refractivity contribution is 7.10. The first-order valence-electron chi connectivity index (χ1n) is 8.55. The van der Waals surface area contributed by atoms with Gasteiger partial charge in [-0.1, -0.05) is 18.2 Å². The molecule has 0 bridgehead atoms. The predicted molar refractivity (Wildman–Crippen MR) is 101 cm³/mol. The van der Waals surface area contributed by atoms with Gasteiger partial charge in [0.15, 0.2) is 0 Å². The van der Waals surface area contributed by atoms with Crippen LogP contribution in [0.5, 0.6) is 0 Å². The molecule has 1 atom stereocenters. The Balaban J connectivity index is 1.46. The third-order valence-corrected chi connectivity index (χ3v) is 5.26. The molecule has 1 unspecified atom stereocenters. The molecule has 0 fully saturated rings. The van der Waals surface area contributed by atoms with E-state index in [1.54, 1.807) is 0 Å². The highest BCUT2D eigenvalue weighted by Crippen LogP contribution is 2.27. The summed E-state index contributed by atoms with van der Waals surface area (Å²) in [5.74, 6) is -1.27. The number of carboxylic acid groups (broad SMARTS) is 1. The summed E-state index contributed by atoms with van der Waals surface area (Å²) in [4.78, 5) is 28.5. The van der Waals surface area contributed by atoms with E-state index in [0.717, 1.165) is 28.9 Å². The maximum Gasteiger partial charge on any atom is 0.304 e. The van der Waals surface area contributed by atoms with Crippen LogP contribution in [-0.4, -0.2) is 33.1 Å². The molecule has 2 aromatic heterocycles. The van der Waals surface area contributed by atoms with Crippen LogP contribution in [0.3, 0.4) is 0 Å². The monoisotopic (exact) mass is 371 g/mol. The van der Waals surface area contributed by atoms with Crippen molar-refractivity contribution in [2.24, 2.45) is 0 Å². The van der Waals surface area contributed by atoms with Crippen LogP contribution in [0.1, 0.15) is 30.1 Å². The van der Waals surface area contributed by atoms with Crippen molar-refractivity contribution >= 4 is 34.2 Å². The molecule has 6 nitrogen and oxygen atoms in total. The lowest BCUT2D eigenvalue weighted by atomic mass is 9.99. The Morgan fingerprint density at radius 2 is 2.04 bits per heavy atom. The topological polar surface area (TPSA) is 84.2 Å². The van der Waals surface area contributed by atoms with E-state index in [1.165, 1.54) is 11.3 Å². The molecule has 26 heavy (non-hydrogen) atoms. The van der Waals surface area contributed by atoms with E-state index in [1.807, 2.05) is 48.1 Å². The highest BCUT2D eigenvalue weighted by Gasteiger charge is 2.20. The Morgan fingerprint density at radius 3 is 2.81 bits per heavy atom. The van der Waals surface area contributed by atoms with E-state index < -0.39 is 5.97 Å². The summed E-state index contributed by atoms with van der Waals surface area (Å²) < 4.78 is 2.07. The highest BCUT2D eigenvalue weighted by atomic mass is 32.1. The van der Waals surface area contributed by atoms with Crippen LogP contribution in [0.15, 0.2) is 48.1 Å². The standard InChI is InChI=1S/C19H21N3O3S/c23-18(11-14(12-19(24)25)17-7-3-10-26-17)20-8-4-9-22-13-21-15-5-1-2-6-16(15)22/h1-3,5-7,10,13-14H,4,8-9,11-12H2,(H,20,23)(H,24,25). The Hall–Kier alpha value is -2.67. The Morgan fingerprint density at radius 1 is 1.19 bits per heavy atom. The van der Waals surface area contributed by atoms with Crippen molar-refractivity contribution in [3.05, 3.63) is 53.0 Å². The molecule has 136 valence electrons. The molecule has 1 amide bonds. The molecule has 3 aromatic rings. The molecule has 7 heteroatoms. The quantitative estimate of drug-likeness (QED) is 0.566. The molecule has 0 saturated heterocycles. The Bertz CT molecular complexity index is 873. The third kappa shape index (κ3) is 4.70. The number of para-hydroxylation sites is 2. The zero-order valence-electron chi connectivity index (χ0n) is 14.3. The normalized spacial score (nSPS) is 12.2. The number of benzene rings is 1. The molecule has 2 heterocycles. The summed E-state index contributed by atoms with van der Waals surface area (Å²) in [5.41, 5.74) is 2.04. The van der Waals surface area contributed by atoms with Crippen molar-refractivity contribution < 1.29 is 14.7 Å². The fourth-order valence-corrected chi connectivity index (χ4v) is 3.80. The number of aromatic nitrogens is 2. The lowest BCUT2D eigenvalue weighted by Gasteiger charge is -2.13. The number of aliphatic carboxylic acids is 1. The number of carboxylic acids is 1. The summed E-state index contributed by atoms with van der Waals surface area (Å²) in [6.45, 7) is 1.32. The molecule has 0 aliphatic rings. The number of hydrogen-bond donors (Lipinski definition) is 2. The molecule has 2 N–H and O–H groups in total. The number of carbonyl (C=O) groups is 2. The average molecular weight is 371 g/mol. The van der Waals surface area contributed by atoms with E-state index in [2.05, 4.69) is 14.9 Å².